The predicted molar refractivity (Wildman–Crippen MR) is 112 cm³/mol. The van der Waals surface area contributed by atoms with Crippen LogP contribution in [-0.4, -0.2) is 16.0 Å². The average molecular weight is 382 g/mol. The van der Waals surface area contributed by atoms with Gasteiger partial charge in [0.25, 0.3) is 0 Å². The van der Waals surface area contributed by atoms with Crippen molar-refractivity contribution in [2.45, 2.75) is 33.6 Å². The van der Waals surface area contributed by atoms with Gasteiger partial charge < -0.3 is 15.1 Å². The minimum absolute atomic E-state index is 0.0784. The largest absolute Gasteiger partial charge is 0.440 e. The van der Waals surface area contributed by atoms with Gasteiger partial charge in [-0.3, -0.25) is 4.79 Å². The number of aromatic nitrogens is 1. The number of hydrogen-bond donors (Lipinski definition) is 2. The van der Waals surface area contributed by atoms with Crippen LogP contribution in [0.25, 0.3) is 11.1 Å². The molecular weight excluding hydrogens is 358 g/mol. The zero-order chi connectivity index (χ0) is 19.4. The van der Waals surface area contributed by atoms with Gasteiger partial charge in [0.15, 0.2) is 16.6 Å². The minimum atomic E-state index is -0.0784. The number of hydrogen-bond acceptors (Lipinski definition) is 4. The molecule has 0 saturated carbocycles. The van der Waals surface area contributed by atoms with Gasteiger partial charge in [-0.05, 0) is 60.5 Å². The molecule has 0 aliphatic rings. The Labute approximate surface area is 164 Å². The lowest BCUT2D eigenvalue weighted by Crippen LogP contribution is -2.34. The number of oxazole rings is 1. The van der Waals surface area contributed by atoms with E-state index in [0.29, 0.717) is 29.8 Å². The van der Waals surface area contributed by atoms with Crippen molar-refractivity contribution >= 4 is 40.0 Å². The zero-order valence-corrected chi connectivity index (χ0v) is 16.5. The highest BCUT2D eigenvalue weighted by atomic mass is 32.1. The molecule has 6 heteroatoms. The molecule has 2 N–H and O–H groups in total. The molecule has 0 unspecified atom stereocenters. The van der Waals surface area contributed by atoms with E-state index in [9.17, 15) is 4.79 Å². The van der Waals surface area contributed by atoms with Gasteiger partial charge in [0.05, 0.1) is 0 Å². The summed E-state index contributed by atoms with van der Waals surface area (Å²) in [6.07, 6.45) is 1.06. The maximum absolute atomic E-state index is 11.8. The average Bonchev–Trinajstić information content (AvgIpc) is 2.97. The maximum Gasteiger partial charge on any atom is 0.226 e. The number of thiocarbonyl (C=S) groups is 1. The quantitative estimate of drug-likeness (QED) is 0.633. The molecule has 0 atom stereocenters. The first kappa shape index (κ1) is 19.0. The fraction of sp³-hybridized carbons (Fsp3) is 0.286. The molecular formula is C21H23N3O2S. The second kappa shape index (κ2) is 8.31. The van der Waals surface area contributed by atoms with Crippen molar-refractivity contribution in [1.82, 2.24) is 10.3 Å². The third kappa shape index (κ3) is 5.37. The molecule has 1 aromatic heterocycles. The van der Waals surface area contributed by atoms with Gasteiger partial charge in [-0.1, -0.05) is 32.0 Å². The van der Waals surface area contributed by atoms with Gasteiger partial charge in [-0.2, -0.15) is 0 Å². The maximum atomic E-state index is 11.8. The Balaban J connectivity index is 1.59. The summed E-state index contributed by atoms with van der Waals surface area (Å²) in [6.45, 7) is 6.02. The van der Waals surface area contributed by atoms with Crippen molar-refractivity contribution in [3.63, 3.8) is 0 Å². The summed E-state index contributed by atoms with van der Waals surface area (Å²) >= 11 is 5.18. The van der Waals surface area contributed by atoms with Crippen molar-refractivity contribution in [2.24, 2.45) is 5.92 Å². The predicted octanol–water partition coefficient (Wildman–Crippen LogP) is 4.59. The molecule has 2 aromatic carbocycles. The van der Waals surface area contributed by atoms with Gasteiger partial charge in [0, 0.05) is 18.5 Å². The van der Waals surface area contributed by atoms with E-state index in [2.05, 4.69) is 15.6 Å². The summed E-state index contributed by atoms with van der Waals surface area (Å²) in [6, 6.07) is 13.8. The van der Waals surface area contributed by atoms with E-state index in [0.717, 1.165) is 27.9 Å². The van der Waals surface area contributed by atoms with Crippen molar-refractivity contribution in [3.05, 3.63) is 59.5 Å². The van der Waals surface area contributed by atoms with E-state index in [1.165, 1.54) is 0 Å². The standard InChI is InChI=1S/C21H23N3O2S/c1-13(2)10-19(25)24-21(27)22-16-7-5-15(6-8-16)12-20-23-17-11-14(3)4-9-18(17)26-20/h4-9,11,13H,10,12H2,1-3H3,(H2,22,24,25,27). The second-order valence-corrected chi connectivity index (χ2v) is 7.46. The van der Waals surface area contributed by atoms with Crippen molar-refractivity contribution < 1.29 is 9.21 Å². The van der Waals surface area contributed by atoms with E-state index in [1.807, 2.05) is 63.2 Å². The molecule has 0 saturated heterocycles. The molecule has 0 radical (unpaired) electrons. The molecule has 1 heterocycles. The molecule has 3 aromatic rings. The number of amides is 1. The lowest BCUT2D eigenvalue weighted by molar-refractivity contribution is -0.120. The molecule has 0 aliphatic heterocycles. The van der Waals surface area contributed by atoms with Crippen molar-refractivity contribution in [3.8, 4) is 0 Å². The number of carbonyl (C=O) groups is 1. The third-order valence-electron chi connectivity index (χ3n) is 4.00. The lowest BCUT2D eigenvalue weighted by atomic mass is 10.1. The fourth-order valence-corrected chi connectivity index (χ4v) is 2.98. The first-order chi connectivity index (χ1) is 12.9. The molecule has 0 aliphatic carbocycles. The van der Waals surface area contributed by atoms with Gasteiger partial charge >= 0.3 is 0 Å². The Morgan fingerprint density at radius 1 is 1.19 bits per heavy atom. The van der Waals surface area contributed by atoms with Crippen LogP contribution in [0.3, 0.4) is 0 Å². The number of benzene rings is 2. The molecule has 140 valence electrons. The number of aryl methyl sites for hydroxylation is 1. The van der Waals surface area contributed by atoms with Crippen LogP contribution in [-0.2, 0) is 11.2 Å². The highest BCUT2D eigenvalue weighted by Crippen LogP contribution is 2.20. The Morgan fingerprint density at radius 3 is 2.63 bits per heavy atom. The van der Waals surface area contributed by atoms with Gasteiger partial charge in [0.2, 0.25) is 5.91 Å². The second-order valence-electron chi connectivity index (χ2n) is 7.05. The van der Waals surface area contributed by atoms with Crippen LogP contribution in [0.5, 0.6) is 0 Å². The monoisotopic (exact) mass is 381 g/mol. The van der Waals surface area contributed by atoms with Crippen LogP contribution in [0.4, 0.5) is 5.69 Å². The van der Waals surface area contributed by atoms with Gasteiger partial charge in [0.1, 0.15) is 5.52 Å². The highest BCUT2D eigenvalue weighted by Gasteiger charge is 2.09. The first-order valence-corrected chi connectivity index (χ1v) is 9.35. The molecule has 1 amide bonds. The summed E-state index contributed by atoms with van der Waals surface area (Å²) in [5, 5.41) is 6.02. The molecule has 3 rings (SSSR count). The normalized spacial score (nSPS) is 11.0. The number of anilines is 1. The number of rotatable bonds is 5. The summed E-state index contributed by atoms with van der Waals surface area (Å²) in [5.41, 5.74) is 4.75. The van der Waals surface area contributed by atoms with E-state index in [4.69, 9.17) is 16.6 Å². The molecule has 5 nitrogen and oxygen atoms in total. The Hall–Kier alpha value is -2.73. The Morgan fingerprint density at radius 2 is 1.93 bits per heavy atom. The molecule has 27 heavy (non-hydrogen) atoms. The van der Waals surface area contributed by atoms with Gasteiger partial charge in [-0.15, -0.1) is 0 Å². The van der Waals surface area contributed by atoms with Crippen LogP contribution in [0.2, 0.25) is 0 Å². The number of nitrogens with zero attached hydrogens (tertiary/aromatic N) is 1. The number of fused-ring (bicyclic) bond motifs is 1. The summed E-state index contributed by atoms with van der Waals surface area (Å²) in [7, 11) is 0. The van der Waals surface area contributed by atoms with E-state index in [1.54, 1.807) is 0 Å². The molecule has 0 bridgehead atoms. The lowest BCUT2D eigenvalue weighted by Gasteiger charge is -2.11. The fourth-order valence-electron chi connectivity index (χ4n) is 2.75. The highest BCUT2D eigenvalue weighted by molar-refractivity contribution is 7.80. The van der Waals surface area contributed by atoms with Gasteiger partial charge in [-0.25, -0.2) is 4.98 Å². The number of nitrogens with one attached hydrogen (secondary N) is 2. The van der Waals surface area contributed by atoms with Crippen LogP contribution in [0, 0.1) is 12.8 Å². The summed E-state index contributed by atoms with van der Waals surface area (Å²) in [4.78, 5) is 16.3. The minimum Gasteiger partial charge on any atom is -0.440 e. The van der Waals surface area contributed by atoms with Crippen LogP contribution in [0.15, 0.2) is 46.9 Å². The topological polar surface area (TPSA) is 67.2 Å². The zero-order valence-electron chi connectivity index (χ0n) is 15.7. The van der Waals surface area contributed by atoms with Crippen molar-refractivity contribution in [2.75, 3.05) is 5.32 Å². The summed E-state index contributed by atoms with van der Waals surface area (Å²) < 4.78 is 5.80. The van der Waals surface area contributed by atoms with Crippen LogP contribution >= 0.6 is 12.2 Å². The van der Waals surface area contributed by atoms with Crippen molar-refractivity contribution in [1.29, 1.82) is 0 Å². The smallest absolute Gasteiger partial charge is 0.226 e. The van der Waals surface area contributed by atoms with E-state index < -0.39 is 0 Å². The number of carbonyl (C=O) groups excluding carboxylic acids is 1. The molecule has 0 fully saturated rings. The van der Waals surface area contributed by atoms with Crippen LogP contribution < -0.4 is 10.6 Å². The first-order valence-electron chi connectivity index (χ1n) is 8.95. The van der Waals surface area contributed by atoms with Crippen LogP contribution in [0.1, 0.15) is 37.3 Å². The Kier molecular flexibility index (Phi) is 5.86. The van der Waals surface area contributed by atoms with E-state index >= 15 is 0 Å². The SMILES string of the molecule is Cc1ccc2oc(Cc3ccc(NC(=S)NC(=O)CC(C)C)cc3)nc2c1. The van der Waals surface area contributed by atoms with E-state index in [-0.39, 0.29) is 5.91 Å². The summed E-state index contributed by atoms with van der Waals surface area (Å²) in [5.74, 6) is 0.904. The third-order valence-corrected chi connectivity index (χ3v) is 4.21. The molecule has 0 spiro atoms. The Bertz CT molecular complexity index is 961.